The zero-order valence-electron chi connectivity index (χ0n) is 10.3. The highest BCUT2D eigenvalue weighted by Gasteiger charge is 2.16. The normalized spacial score (nSPS) is 11.9. The van der Waals surface area contributed by atoms with E-state index in [4.69, 9.17) is 16.3 Å². The van der Waals surface area contributed by atoms with Gasteiger partial charge in [-0.3, -0.25) is 4.79 Å². The molecule has 0 aliphatic heterocycles. The Kier molecular flexibility index (Phi) is 4.82. The molecule has 1 atom stereocenters. The zero-order valence-corrected chi connectivity index (χ0v) is 13.2. The molecule has 0 amide bonds. The van der Waals surface area contributed by atoms with E-state index in [1.165, 1.54) is 0 Å². The topological polar surface area (TPSA) is 26.3 Å². The molecule has 2 aromatic carbocycles. The summed E-state index contributed by atoms with van der Waals surface area (Å²) >= 11 is 8.02. The van der Waals surface area contributed by atoms with Gasteiger partial charge in [-0.2, -0.15) is 0 Å². The Morgan fingerprint density at radius 3 is 2.26 bits per heavy atom. The van der Waals surface area contributed by atoms with Crippen LogP contribution in [0, 0.1) is 3.57 Å². The van der Waals surface area contributed by atoms with Gasteiger partial charge in [0.15, 0.2) is 6.10 Å². The van der Waals surface area contributed by atoms with Crippen molar-refractivity contribution in [3.05, 3.63) is 62.7 Å². The summed E-state index contributed by atoms with van der Waals surface area (Å²) in [4.78, 5) is 12.2. The van der Waals surface area contributed by atoms with Crippen LogP contribution in [-0.4, -0.2) is 11.9 Å². The largest absolute Gasteiger partial charge is 0.483 e. The SMILES string of the molecule is CC(Oc1ccc(I)cc1)C(=O)c1ccc(Cl)cc1. The summed E-state index contributed by atoms with van der Waals surface area (Å²) in [7, 11) is 0. The third-order valence-corrected chi connectivity index (χ3v) is 3.60. The summed E-state index contributed by atoms with van der Waals surface area (Å²) in [6.45, 7) is 1.74. The van der Waals surface area contributed by atoms with Gasteiger partial charge in [-0.05, 0) is 78.0 Å². The van der Waals surface area contributed by atoms with Gasteiger partial charge in [-0.15, -0.1) is 0 Å². The van der Waals surface area contributed by atoms with Gasteiger partial charge in [-0.25, -0.2) is 0 Å². The van der Waals surface area contributed by atoms with Crippen molar-refractivity contribution in [2.45, 2.75) is 13.0 Å². The first-order chi connectivity index (χ1) is 9.06. The minimum atomic E-state index is -0.527. The van der Waals surface area contributed by atoms with Crippen LogP contribution in [0.25, 0.3) is 0 Å². The van der Waals surface area contributed by atoms with Gasteiger partial charge >= 0.3 is 0 Å². The second-order valence-corrected chi connectivity index (χ2v) is 5.77. The van der Waals surface area contributed by atoms with Crippen molar-refractivity contribution in [1.29, 1.82) is 0 Å². The van der Waals surface area contributed by atoms with Crippen LogP contribution in [-0.2, 0) is 0 Å². The molecule has 0 N–H and O–H groups in total. The highest BCUT2D eigenvalue weighted by molar-refractivity contribution is 14.1. The van der Waals surface area contributed by atoms with Crippen LogP contribution in [0.3, 0.4) is 0 Å². The van der Waals surface area contributed by atoms with Crippen molar-refractivity contribution in [2.24, 2.45) is 0 Å². The van der Waals surface area contributed by atoms with Gasteiger partial charge in [-0.1, -0.05) is 11.6 Å². The number of Topliss-reactive ketones (excluding diaryl/α,β-unsaturated/α-hetero) is 1. The Balaban J connectivity index is 2.07. The van der Waals surface area contributed by atoms with Gasteiger partial charge in [0, 0.05) is 14.2 Å². The smallest absolute Gasteiger partial charge is 0.202 e. The first-order valence-corrected chi connectivity index (χ1v) is 7.24. The van der Waals surface area contributed by atoms with E-state index in [0.29, 0.717) is 16.3 Å². The van der Waals surface area contributed by atoms with Crippen LogP contribution < -0.4 is 4.74 Å². The van der Waals surface area contributed by atoms with E-state index in [9.17, 15) is 4.79 Å². The molecular formula is C15H12ClIO2. The van der Waals surface area contributed by atoms with Gasteiger partial charge in [0.1, 0.15) is 5.75 Å². The summed E-state index contributed by atoms with van der Waals surface area (Å²) in [5, 5.41) is 0.614. The number of carbonyl (C=O) groups is 1. The molecule has 98 valence electrons. The molecule has 0 heterocycles. The highest BCUT2D eigenvalue weighted by Crippen LogP contribution is 2.17. The maximum absolute atomic E-state index is 12.2. The Hall–Kier alpha value is -1.07. The number of ketones is 1. The van der Waals surface area contributed by atoms with E-state index in [-0.39, 0.29) is 5.78 Å². The number of carbonyl (C=O) groups excluding carboxylic acids is 1. The number of halogens is 2. The number of rotatable bonds is 4. The number of ether oxygens (including phenoxy) is 1. The minimum Gasteiger partial charge on any atom is -0.483 e. The van der Waals surface area contributed by atoms with Crippen LogP contribution in [0.2, 0.25) is 5.02 Å². The van der Waals surface area contributed by atoms with Crippen LogP contribution >= 0.6 is 34.2 Å². The summed E-state index contributed by atoms with van der Waals surface area (Å²) in [5.41, 5.74) is 0.599. The quantitative estimate of drug-likeness (QED) is 0.567. The molecule has 0 aliphatic rings. The van der Waals surface area contributed by atoms with E-state index < -0.39 is 6.10 Å². The van der Waals surface area contributed by atoms with E-state index >= 15 is 0 Å². The Labute approximate surface area is 130 Å². The van der Waals surface area contributed by atoms with Crippen molar-refractivity contribution < 1.29 is 9.53 Å². The fraction of sp³-hybridized carbons (Fsp3) is 0.133. The summed E-state index contributed by atoms with van der Waals surface area (Å²) in [6, 6.07) is 14.4. The summed E-state index contributed by atoms with van der Waals surface area (Å²) in [6.07, 6.45) is -0.527. The van der Waals surface area contributed by atoms with Crippen molar-refractivity contribution in [3.63, 3.8) is 0 Å². The average molecular weight is 387 g/mol. The molecule has 2 nitrogen and oxygen atoms in total. The molecule has 0 aliphatic carbocycles. The predicted octanol–water partition coefficient (Wildman–Crippen LogP) is 4.59. The monoisotopic (exact) mass is 386 g/mol. The Morgan fingerprint density at radius 1 is 1.11 bits per heavy atom. The third kappa shape index (κ3) is 3.94. The lowest BCUT2D eigenvalue weighted by Crippen LogP contribution is -2.23. The second kappa shape index (κ2) is 6.39. The fourth-order valence-electron chi connectivity index (χ4n) is 1.62. The fourth-order valence-corrected chi connectivity index (χ4v) is 2.11. The highest BCUT2D eigenvalue weighted by atomic mass is 127. The molecular weight excluding hydrogens is 375 g/mol. The summed E-state index contributed by atoms with van der Waals surface area (Å²) in [5.74, 6) is 0.630. The lowest BCUT2D eigenvalue weighted by atomic mass is 10.1. The Bertz CT molecular complexity index is 564. The molecule has 0 bridgehead atoms. The molecule has 0 saturated heterocycles. The molecule has 4 heteroatoms. The standard InChI is InChI=1S/C15H12ClIO2/c1-10(19-14-8-6-13(17)7-9-14)15(18)11-2-4-12(16)5-3-11/h2-10H,1H3. The van der Waals surface area contributed by atoms with Crippen molar-refractivity contribution in [2.75, 3.05) is 0 Å². The van der Waals surface area contributed by atoms with Crippen LogP contribution in [0.5, 0.6) is 5.75 Å². The molecule has 19 heavy (non-hydrogen) atoms. The summed E-state index contributed by atoms with van der Waals surface area (Å²) < 4.78 is 6.76. The third-order valence-electron chi connectivity index (χ3n) is 2.62. The first kappa shape index (κ1) is 14.3. The van der Waals surface area contributed by atoms with Crippen LogP contribution in [0.1, 0.15) is 17.3 Å². The molecule has 1 unspecified atom stereocenters. The molecule has 0 aromatic heterocycles. The average Bonchev–Trinajstić information content (AvgIpc) is 2.41. The minimum absolute atomic E-state index is 0.0600. The van der Waals surface area contributed by atoms with Crippen molar-refractivity contribution in [3.8, 4) is 5.75 Å². The maximum Gasteiger partial charge on any atom is 0.202 e. The molecule has 0 saturated carbocycles. The van der Waals surface area contributed by atoms with Crippen molar-refractivity contribution in [1.82, 2.24) is 0 Å². The number of hydrogen-bond acceptors (Lipinski definition) is 2. The molecule has 2 aromatic rings. The van der Waals surface area contributed by atoms with Crippen LogP contribution in [0.15, 0.2) is 48.5 Å². The predicted molar refractivity (Wildman–Crippen MR) is 85.0 cm³/mol. The van der Waals surface area contributed by atoms with Crippen LogP contribution in [0.4, 0.5) is 0 Å². The molecule has 2 rings (SSSR count). The van der Waals surface area contributed by atoms with Gasteiger partial charge in [0.05, 0.1) is 0 Å². The first-order valence-electron chi connectivity index (χ1n) is 5.78. The van der Waals surface area contributed by atoms with Gasteiger partial charge < -0.3 is 4.74 Å². The van der Waals surface area contributed by atoms with E-state index in [0.717, 1.165) is 3.57 Å². The van der Waals surface area contributed by atoms with E-state index in [1.807, 2.05) is 24.3 Å². The van der Waals surface area contributed by atoms with E-state index in [1.54, 1.807) is 31.2 Å². The Morgan fingerprint density at radius 2 is 1.68 bits per heavy atom. The number of hydrogen-bond donors (Lipinski definition) is 0. The zero-order chi connectivity index (χ0) is 13.8. The molecule has 0 spiro atoms. The van der Waals surface area contributed by atoms with E-state index in [2.05, 4.69) is 22.6 Å². The lowest BCUT2D eigenvalue weighted by Gasteiger charge is -2.13. The van der Waals surface area contributed by atoms with Gasteiger partial charge in [0.25, 0.3) is 0 Å². The second-order valence-electron chi connectivity index (χ2n) is 4.09. The van der Waals surface area contributed by atoms with Gasteiger partial charge in [0.2, 0.25) is 5.78 Å². The lowest BCUT2D eigenvalue weighted by molar-refractivity contribution is 0.0818. The molecule has 0 fully saturated rings. The number of benzene rings is 2. The maximum atomic E-state index is 12.2. The van der Waals surface area contributed by atoms with Crippen molar-refractivity contribution >= 4 is 40.0 Å². The molecule has 0 radical (unpaired) electrons.